The molecule has 0 aliphatic heterocycles. The van der Waals surface area contributed by atoms with E-state index in [0.29, 0.717) is 5.56 Å². The van der Waals surface area contributed by atoms with Crippen LogP contribution >= 0.6 is 0 Å². The smallest absolute Gasteiger partial charge is 0.0991 e. The minimum Gasteiger partial charge on any atom is -0.323 e. The van der Waals surface area contributed by atoms with Gasteiger partial charge in [-0.1, -0.05) is 18.2 Å². The van der Waals surface area contributed by atoms with Crippen LogP contribution in [0.4, 0.5) is 0 Å². The Hall–Kier alpha value is -1.33. The summed E-state index contributed by atoms with van der Waals surface area (Å²) in [6, 6.07) is 11.2. The van der Waals surface area contributed by atoms with Crippen LogP contribution in [0.3, 0.4) is 0 Å². The molecule has 0 unspecified atom stereocenters. The van der Waals surface area contributed by atoms with Gasteiger partial charge in [-0.05, 0) is 26.2 Å². The minimum absolute atomic E-state index is 0.715. The second kappa shape index (κ2) is 6.79. The van der Waals surface area contributed by atoms with Gasteiger partial charge in [0.25, 0.3) is 0 Å². The molecule has 1 rings (SSSR count). The van der Waals surface area contributed by atoms with Crippen molar-refractivity contribution in [1.82, 2.24) is 5.32 Å². The van der Waals surface area contributed by atoms with Gasteiger partial charge in [-0.2, -0.15) is 5.26 Å². The van der Waals surface area contributed by atoms with Crippen LogP contribution in [0.5, 0.6) is 0 Å². The van der Waals surface area contributed by atoms with Gasteiger partial charge in [-0.3, -0.25) is 0 Å². The van der Waals surface area contributed by atoms with Gasteiger partial charge in [-0.25, -0.2) is 0 Å². The van der Waals surface area contributed by atoms with Gasteiger partial charge in [0.1, 0.15) is 0 Å². The number of nitrogens with one attached hydrogen (secondary N) is 1. The largest absolute Gasteiger partial charge is 0.323 e. The molecule has 0 atom stereocenters. The molecular formula is C9H12N2. The average Bonchev–Trinajstić information content (AvgIpc) is 2.08. The van der Waals surface area contributed by atoms with Crippen molar-refractivity contribution in [2.75, 3.05) is 14.1 Å². The lowest BCUT2D eigenvalue weighted by Gasteiger charge is -1.80. The van der Waals surface area contributed by atoms with Crippen molar-refractivity contribution < 1.29 is 0 Å². The van der Waals surface area contributed by atoms with E-state index in [9.17, 15) is 0 Å². The van der Waals surface area contributed by atoms with Crippen molar-refractivity contribution in [2.45, 2.75) is 0 Å². The molecule has 11 heavy (non-hydrogen) atoms. The lowest BCUT2D eigenvalue weighted by molar-refractivity contribution is 1.02. The second-order valence-corrected chi connectivity index (χ2v) is 1.98. The average molecular weight is 148 g/mol. The third-order valence-electron chi connectivity index (χ3n) is 0.903. The summed E-state index contributed by atoms with van der Waals surface area (Å²) in [7, 11) is 3.75. The van der Waals surface area contributed by atoms with Crippen LogP contribution in [-0.4, -0.2) is 14.1 Å². The Labute approximate surface area is 67.5 Å². The minimum atomic E-state index is 0.715. The van der Waals surface area contributed by atoms with E-state index in [4.69, 9.17) is 5.26 Å². The van der Waals surface area contributed by atoms with Crippen LogP contribution in [0.2, 0.25) is 0 Å². The third kappa shape index (κ3) is 5.13. The zero-order valence-corrected chi connectivity index (χ0v) is 6.83. The highest BCUT2D eigenvalue weighted by atomic mass is 14.7. The molecule has 0 saturated carbocycles. The van der Waals surface area contributed by atoms with E-state index in [1.54, 1.807) is 12.1 Å². The highest BCUT2D eigenvalue weighted by Gasteiger charge is 1.79. The number of hydrogen-bond acceptors (Lipinski definition) is 2. The predicted molar refractivity (Wildman–Crippen MR) is 46.1 cm³/mol. The lowest BCUT2D eigenvalue weighted by atomic mass is 10.2. The number of benzene rings is 1. The lowest BCUT2D eigenvalue weighted by Crippen LogP contribution is -1.89. The van der Waals surface area contributed by atoms with Crippen LogP contribution in [0.25, 0.3) is 0 Å². The number of hydrogen-bond donors (Lipinski definition) is 1. The maximum Gasteiger partial charge on any atom is 0.0991 e. The van der Waals surface area contributed by atoms with E-state index in [1.807, 2.05) is 38.4 Å². The highest BCUT2D eigenvalue weighted by molar-refractivity contribution is 5.27. The van der Waals surface area contributed by atoms with E-state index >= 15 is 0 Å². The van der Waals surface area contributed by atoms with Gasteiger partial charge < -0.3 is 5.32 Å². The van der Waals surface area contributed by atoms with Crippen LogP contribution in [0.1, 0.15) is 5.56 Å². The first-order valence-corrected chi connectivity index (χ1v) is 3.38. The zero-order chi connectivity index (χ0) is 8.53. The molecule has 2 nitrogen and oxygen atoms in total. The second-order valence-electron chi connectivity index (χ2n) is 1.98. The van der Waals surface area contributed by atoms with Crippen molar-refractivity contribution in [3.8, 4) is 6.07 Å². The molecule has 0 radical (unpaired) electrons. The van der Waals surface area contributed by atoms with E-state index in [0.717, 1.165) is 0 Å². The molecule has 0 heterocycles. The Bertz CT molecular complexity index is 211. The molecule has 0 aromatic heterocycles. The Kier molecular flexibility index (Phi) is 5.96. The molecule has 2 heteroatoms. The number of nitriles is 1. The van der Waals surface area contributed by atoms with E-state index in [-0.39, 0.29) is 0 Å². The molecule has 0 aliphatic carbocycles. The first kappa shape index (κ1) is 9.67. The molecule has 0 bridgehead atoms. The Morgan fingerprint density at radius 2 is 1.64 bits per heavy atom. The van der Waals surface area contributed by atoms with Crippen molar-refractivity contribution >= 4 is 0 Å². The molecule has 58 valence electrons. The van der Waals surface area contributed by atoms with Gasteiger partial charge in [0.2, 0.25) is 0 Å². The van der Waals surface area contributed by atoms with Crippen LogP contribution in [-0.2, 0) is 0 Å². The monoisotopic (exact) mass is 148 g/mol. The third-order valence-corrected chi connectivity index (χ3v) is 0.903. The quantitative estimate of drug-likeness (QED) is 0.603. The van der Waals surface area contributed by atoms with Gasteiger partial charge in [0, 0.05) is 0 Å². The molecule has 0 fully saturated rings. The van der Waals surface area contributed by atoms with E-state index < -0.39 is 0 Å². The van der Waals surface area contributed by atoms with Gasteiger partial charge in [0.05, 0.1) is 11.6 Å². The van der Waals surface area contributed by atoms with Crippen molar-refractivity contribution in [2.24, 2.45) is 0 Å². The highest BCUT2D eigenvalue weighted by Crippen LogP contribution is 1.92. The van der Waals surface area contributed by atoms with Gasteiger partial charge >= 0.3 is 0 Å². The topological polar surface area (TPSA) is 35.8 Å². The fraction of sp³-hybridized carbons (Fsp3) is 0.222. The number of nitrogens with zero attached hydrogens (tertiary/aromatic N) is 1. The Morgan fingerprint density at radius 3 is 1.91 bits per heavy atom. The van der Waals surface area contributed by atoms with E-state index in [2.05, 4.69) is 5.32 Å². The number of rotatable bonds is 0. The molecule has 0 spiro atoms. The predicted octanol–water partition coefficient (Wildman–Crippen LogP) is 1.39. The normalized spacial score (nSPS) is 7.36. The summed E-state index contributed by atoms with van der Waals surface area (Å²) in [6.45, 7) is 0. The molecule has 1 N–H and O–H groups in total. The molecule has 1 aromatic rings. The summed E-state index contributed by atoms with van der Waals surface area (Å²) in [5, 5.41) is 11.0. The van der Waals surface area contributed by atoms with Crippen molar-refractivity contribution in [1.29, 1.82) is 5.26 Å². The molecule has 0 saturated heterocycles. The summed E-state index contributed by atoms with van der Waals surface area (Å²) in [5.41, 5.74) is 0.715. The summed E-state index contributed by atoms with van der Waals surface area (Å²) in [4.78, 5) is 0. The van der Waals surface area contributed by atoms with Crippen LogP contribution < -0.4 is 5.32 Å². The summed E-state index contributed by atoms with van der Waals surface area (Å²) in [6.07, 6.45) is 0. The molecule has 0 amide bonds. The Morgan fingerprint density at radius 1 is 1.18 bits per heavy atom. The summed E-state index contributed by atoms with van der Waals surface area (Å²) in [5.74, 6) is 0. The first-order chi connectivity index (χ1) is 5.35. The maximum atomic E-state index is 8.29. The Balaban J connectivity index is 0.000000292. The maximum absolute atomic E-state index is 8.29. The summed E-state index contributed by atoms with van der Waals surface area (Å²) >= 11 is 0. The van der Waals surface area contributed by atoms with Gasteiger partial charge in [-0.15, -0.1) is 0 Å². The SMILES string of the molecule is CNC.N#Cc1ccccc1. The van der Waals surface area contributed by atoms with Crippen LogP contribution in [0.15, 0.2) is 30.3 Å². The standard InChI is InChI=1S/C7H5N.C2H7N/c8-6-7-4-2-1-3-5-7;1-3-2/h1-5H;3H,1-2H3. The zero-order valence-electron chi connectivity index (χ0n) is 6.83. The van der Waals surface area contributed by atoms with Crippen molar-refractivity contribution in [3.05, 3.63) is 35.9 Å². The fourth-order valence-corrected chi connectivity index (χ4v) is 0.513. The summed E-state index contributed by atoms with van der Waals surface area (Å²) < 4.78 is 0. The van der Waals surface area contributed by atoms with E-state index in [1.165, 1.54) is 0 Å². The van der Waals surface area contributed by atoms with Crippen LogP contribution in [0, 0.1) is 11.3 Å². The van der Waals surface area contributed by atoms with Gasteiger partial charge in [0.15, 0.2) is 0 Å². The molecule has 0 aliphatic rings. The molecule has 1 aromatic carbocycles. The van der Waals surface area contributed by atoms with Crippen molar-refractivity contribution in [3.63, 3.8) is 0 Å². The first-order valence-electron chi connectivity index (χ1n) is 3.38. The molecular weight excluding hydrogens is 136 g/mol. The fourth-order valence-electron chi connectivity index (χ4n) is 0.513.